The number of hydrogen-bond donors (Lipinski definition) is 3. The van der Waals surface area contributed by atoms with E-state index in [-0.39, 0.29) is 11.9 Å². The van der Waals surface area contributed by atoms with Crippen molar-refractivity contribution in [3.63, 3.8) is 0 Å². The van der Waals surface area contributed by atoms with Crippen molar-refractivity contribution in [2.24, 2.45) is 0 Å². The van der Waals surface area contributed by atoms with Crippen LogP contribution in [-0.4, -0.2) is 25.0 Å². The van der Waals surface area contributed by atoms with Crippen LogP contribution in [0.25, 0.3) is 0 Å². The summed E-state index contributed by atoms with van der Waals surface area (Å²) in [5.41, 5.74) is 3.36. The Labute approximate surface area is 150 Å². The number of urea groups is 1. The van der Waals surface area contributed by atoms with Crippen molar-refractivity contribution >= 4 is 33.6 Å². The molecule has 0 saturated heterocycles. The molecule has 0 heterocycles. The molecule has 0 bridgehead atoms. The molecule has 0 atom stereocenters. The SMILES string of the molecule is Cc1cc(Br)cc(C)c1NC(=O)NCCNC(=O)c1ccccc1. The lowest BCUT2D eigenvalue weighted by Crippen LogP contribution is -2.37. The van der Waals surface area contributed by atoms with Gasteiger partial charge in [-0.15, -0.1) is 0 Å². The third-order valence-electron chi connectivity index (χ3n) is 3.47. The second kappa shape index (κ2) is 8.49. The number of amides is 3. The van der Waals surface area contributed by atoms with Crippen LogP contribution in [0.4, 0.5) is 10.5 Å². The van der Waals surface area contributed by atoms with E-state index in [4.69, 9.17) is 0 Å². The lowest BCUT2D eigenvalue weighted by molar-refractivity contribution is 0.0954. The van der Waals surface area contributed by atoms with Crippen LogP contribution in [0.15, 0.2) is 46.9 Å². The fourth-order valence-corrected chi connectivity index (χ4v) is 3.00. The van der Waals surface area contributed by atoms with Crippen molar-refractivity contribution < 1.29 is 9.59 Å². The Morgan fingerprint density at radius 3 is 2.17 bits per heavy atom. The molecule has 0 fully saturated rings. The van der Waals surface area contributed by atoms with Gasteiger partial charge in [0.15, 0.2) is 0 Å². The van der Waals surface area contributed by atoms with Crippen LogP contribution in [-0.2, 0) is 0 Å². The number of carbonyl (C=O) groups is 2. The van der Waals surface area contributed by atoms with E-state index in [2.05, 4.69) is 31.9 Å². The summed E-state index contributed by atoms with van der Waals surface area (Å²) in [6, 6.07) is 12.6. The van der Waals surface area contributed by atoms with Crippen LogP contribution in [0.1, 0.15) is 21.5 Å². The van der Waals surface area contributed by atoms with Gasteiger partial charge in [-0.2, -0.15) is 0 Å². The van der Waals surface area contributed by atoms with Crippen LogP contribution in [0, 0.1) is 13.8 Å². The lowest BCUT2D eigenvalue weighted by atomic mass is 10.1. The van der Waals surface area contributed by atoms with E-state index in [1.165, 1.54) is 0 Å². The highest BCUT2D eigenvalue weighted by Gasteiger charge is 2.08. The number of carbonyl (C=O) groups excluding carboxylic acids is 2. The number of halogens is 1. The standard InChI is InChI=1S/C18H20BrN3O2/c1-12-10-15(19)11-13(2)16(12)22-18(24)21-9-8-20-17(23)14-6-4-3-5-7-14/h3-7,10-11H,8-9H2,1-2H3,(H,20,23)(H2,21,22,24). The van der Waals surface area contributed by atoms with Crippen molar-refractivity contribution in [3.05, 3.63) is 63.6 Å². The summed E-state index contributed by atoms with van der Waals surface area (Å²) in [5, 5.41) is 8.33. The highest BCUT2D eigenvalue weighted by Crippen LogP contribution is 2.24. The molecule has 6 heteroatoms. The molecule has 24 heavy (non-hydrogen) atoms. The number of aryl methyl sites for hydroxylation is 2. The number of benzene rings is 2. The van der Waals surface area contributed by atoms with Crippen LogP contribution in [0.2, 0.25) is 0 Å². The van der Waals surface area contributed by atoms with Crippen LogP contribution >= 0.6 is 15.9 Å². The fraction of sp³-hybridized carbons (Fsp3) is 0.222. The zero-order valence-corrected chi connectivity index (χ0v) is 15.2. The average molecular weight is 390 g/mol. The fourth-order valence-electron chi connectivity index (χ4n) is 2.31. The average Bonchev–Trinajstić information content (AvgIpc) is 2.55. The molecule has 0 saturated carbocycles. The molecular formula is C18H20BrN3O2. The number of anilines is 1. The second-order valence-corrected chi connectivity index (χ2v) is 6.33. The van der Waals surface area contributed by atoms with Gasteiger partial charge in [0.2, 0.25) is 0 Å². The van der Waals surface area contributed by atoms with Gasteiger partial charge in [-0.3, -0.25) is 4.79 Å². The molecule has 5 nitrogen and oxygen atoms in total. The van der Waals surface area contributed by atoms with Crippen molar-refractivity contribution in [2.45, 2.75) is 13.8 Å². The Bertz CT molecular complexity index is 709. The topological polar surface area (TPSA) is 70.2 Å². The van der Waals surface area contributed by atoms with E-state index in [0.29, 0.717) is 18.7 Å². The van der Waals surface area contributed by atoms with Crippen LogP contribution in [0.3, 0.4) is 0 Å². The molecule has 2 aromatic carbocycles. The van der Waals surface area contributed by atoms with Gasteiger partial charge in [-0.05, 0) is 49.2 Å². The summed E-state index contributed by atoms with van der Waals surface area (Å²) in [5.74, 6) is -0.155. The highest BCUT2D eigenvalue weighted by molar-refractivity contribution is 9.10. The minimum Gasteiger partial charge on any atom is -0.350 e. The summed E-state index contributed by atoms with van der Waals surface area (Å²) >= 11 is 3.43. The van der Waals surface area contributed by atoms with Crippen LogP contribution < -0.4 is 16.0 Å². The summed E-state index contributed by atoms with van der Waals surface area (Å²) in [7, 11) is 0. The van der Waals surface area contributed by atoms with Crippen molar-refractivity contribution in [2.75, 3.05) is 18.4 Å². The molecule has 126 valence electrons. The smallest absolute Gasteiger partial charge is 0.319 e. The summed E-state index contributed by atoms with van der Waals surface area (Å²) in [4.78, 5) is 23.8. The molecule has 0 spiro atoms. The molecule has 0 unspecified atom stereocenters. The number of hydrogen-bond acceptors (Lipinski definition) is 2. The van der Waals surface area contributed by atoms with E-state index in [1.807, 2.05) is 44.2 Å². The van der Waals surface area contributed by atoms with E-state index >= 15 is 0 Å². The van der Waals surface area contributed by atoms with Crippen molar-refractivity contribution in [1.29, 1.82) is 0 Å². The molecule has 3 N–H and O–H groups in total. The minimum atomic E-state index is -0.294. The monoisotopic (exact) mass is 389 g/mol. The first kappa shape index (κ1) is 18.0. The van der Waals surface area contributed by atoms with Gasteiger partial charge in [0.25, 0.3) is 5.91 Å². The Balaban J connectivity index is 1.77. The zero-order chi connectivity index (χ0) is 17.5. The summed E-state index contributed by atoms with van der Waals surface area (Å²) in [6.45, 7) is 4.58. The Hall–Kier alpha value is -2.34. The van der Waals surface area contributed by atoms with Gasteiger partial charge in [0.05, 0.1) is 0 Å². The maximum atomic E-state index is 12.0. The molecule has 2 aromatic rings. The maximum absolute atomic E-state index is 12.0. The predicted molar refractivity (Wildman–Crippen MR) is 99.4 cm³/mol. The normalized spacial score (nSPS) is 10.1. The maximum Gasteiger partial charge on any atom is 0.319 e. The predicted octanol–water partition coefficient (Wildman–Crippen LogP) is 3.62. The van der Waals surface area contributed by atoms with Gasteiger partial charge in [0, 0.05) is 28.8 Å². The van der Waals surface area contributed by atoms with Crippen molar-refractivity contribution in [1.82, 2.24) is 10.6 Å². The number of rotatable bonds is 5. The molecule has 0 radical (unpaired) electrons. The van der Waals surface area contributed by atoms with E-state index in [1.54, 1.807) is 12.1 Å². The zero-order valence-electron chi connectivity index (χ0n) is 13.7. The Morgan fingerprint density at radius 1 is 0.958 bits per heavy atom. The number of nitrogens with one attached hydrogen (secondary N) is 3. The quantitative estimate of drug-likeness (QED) is 0.683. The highest BCUT2D eigenvalue weighted by atomic mass is 79.9. The molecule has 0 aliphatic heterocycles. The molecule has 0 aliphatic rings. The minimum absolute atomic E-state index is 0.155. The van der Waals surface area contributed by atoms with Gasteiger partial charge in [-0.1, -0.05) is 34.1 Å². The first-order valence-corrected chi connectivity index (χ1v) is 8.41. The van der Waals surface area contributed by atoms with Gasteiger partial charge in [0.1, 0.15) is 0 Å². The van der Waals surface area contributed by atoms with Gasteiger partial charge >= 0.3 is 6.03 Å². The molecule has 2 rings (SSSR count). The van der Waals surface area contributed by atoms with Gasteiger partial charge < -0.3 is 16.0 Å². The summed E-state index contributed by atoms with van der Waals surface area (Å²) < 4.78 is 0.979. The molecule has 3 amide bonds. The van der Waals surface area contributed by atoms with Crippen molar-refractivity contribution in [3.8, 4) is 0 Å². The summed E-state index contributed by atoms with van der Waals surface area (Å²) in [6.07, 6.45) is 0. The largest absolute Gasteiger partial charge is 0.350 e. The first-order chi connectivity index (χ1) is 11.5. The van der Waals surface area contributed by atoms with E-state index in [9.17, 15) is 9.59 Å². The van der Waals surface area contributed by atoms with Gasteiger partial charge in [-0.25, -0.2) is 4.79 Å². The van der Waals surface area contributed by atoms with E-state index < -0.39 is 0 Å². The molecular weight excluding hydrogens is 370 g/mol. The molecule has 0 aromatic heterocycles. The lowest BCUT2D eigenvalue weighted by Gasteiger charge is -2.13. The third kappa shape index (κ3) is 5.09. The molecule has 0 aliphatic carbocycles. The Kier molecular flexibility index (Phi) is 6.37. The Morgan fingerprint density at radius 2 is 1.54 bits per heavy atom. The third-order valence-corrected chi connectivity index (χ3v) is 3.93. The van der Waals surface area contributed by atoms with E-state index in [0.717, 1.165) is 21.3 Å². The first-order valence-electron chi connectivity index (χ1n) is 7.62. The second-order valence-electron chi connectivity index (χ2n) is 5.42. The van der Waals surface area contributed by atoms with Crippen LogP contribution in [0.5, 0.6) is 0 Å².